The molecule has 1 saturated carbocycles. The molecule has 2 aromatic rings. The lowest BCUT2D eigenvalue weighted by molar-refractivity contribution is -0.152. The maximum atomic E-state index is 15.7. The Morgan fingerprint density at radius 2 is 1.65 bits per heavy atom. The number of piperazine rings is 1. The van der Waals surface area contributed by atoms with Crippen LogP contribution in [0.3, 0.4) is 0 Å². The fraction of sp³-hybridized carbons (Fsp3) is 0.600. The van der Waals surface area contributed by atoms with Gasteiger partial charge in [0.15, 0.2) is 0 Å². The quantitative estimate of drug-likeness (QED) is 0.268. The number of likely N-dealkylation sites (N-methyl/N-ethyl adjacent to an activating group) is 1. The number of rotatable bonds is 11. The predicted molar refractivity (Wildman–Crippen MR) is 180 cm³/mol. The van der Waals surface area contributed by atoms with Gasteiger partial charge in [-0.25, -0.2) is 4.39 Å². The first-order valence-corrected chi connectivity index (χ1v) is 17.7. The number of carbonyl (C=O) groups excluding carboxylic acids is 4. The average Bonchev–Trinajstić information content (AvgIpc) is 3.32. The van der Waals surface area contributed by atoms with Crippen LogP contribution in [0.1, 0.15) is 87.6 Å². The first kappa shape index (κ1) is 37.4. The molecule has 1 aromatic carbocycles. The Balaban J connectivity index is 1.57. The van der Waals surface area contributed by atoms with Crippen molar-refractivity contribution in [1.29, 1.82) is 0 Å². The van der Waals surface area contributed by atoms with Gasteiger partial charge >= 0.3 is 5.92 Å². The Labute approximate surface area is 285 Å². The summed E-state index contributed by atoms with van der Waals surface area (Å²) in [6, 6.07) is 4.46. The molecule has 4 amide bonds. The highest BCUT2D eigenvalue weighted by Gasteiger charge is 2.49. The van der Waals surface area contributed by atoms with Crippen LogP contribution in [0, 0.1) is 18.7 Å². The number of amides is 4. The van der Waals surface area contributed by atoms with Gasteiger partial charge in [-0.1, -0.05) is 45.6 Å². The van der Waals surface area contributed by atoms with Crippen LogP contribution in [0.15, 0.2) is 29.6 Å². The largest absolute Gasteiger partial charge is 0.350 e. The van der Waals surface area contributed by atoms with Crippen LogP contribution in [0.4, 0.5) is 18.9 Å². The smallest absolute Gasteiger partial charge is 0.344 e. The fourth-order valence-corrected chi connectivity index (χ4v) is 7.24. The van der Waals surface area contributed by atoms with E-state index in [-0.39, 0.29) is 23.9 Å². The normalized spacial score (nSPS) is 19.0. The summed E-state index contributed by atoms with van der Waals surface area (Å²) in [7, 11) is 1.97. The Kier molecular flexibility index (Phi) is 12.3. The maximum Gasteiger partial charge on any atom is 0.350 e. The van der Waals surface area contributed by atoms with Crippen LogP contribution in [-0.2, 0) is 25.1 Å². The first-order valence-electron chi connectivity index (χ1n) is 16.8. The van der Waals surface area contributed by atoms with Crippen molar-refractivity contribution in [3.8, 4) is 0 Å². The van der Waals surface area contributed by atoms with Crippen molar-refractivity contribution in [2.45, 2.75) is 96.1 Å². The van der Waals surface area contributed by atoms with Crippen molar-refractivity contribution >= 4 is 40.7 Å². The van der Waals surface area contributed by atoms with E-state index in [1.54, 1.807) is 31.7 Å². The Hall–Kier alpha value is -3.45. The van der Waals surface area contributed by atoms with Crippen molar-refractivity contribution in [2.24, 2.45) is 5.92 Å². The molecule has 3 atom stereocenters. The van der Waals surface area contributed by atoms with Crippen molar-refractivity contribution in [3.63, 3.8) is 0 Å². The number of benzene rings is 1. The third-order valence-electron chi connectivity index (χ3n) is 9.88. The predicted octanol–water partition coefficient (Wildman–Crippen LogP) is 5.54. The van der Waals surface area contributed by atoms with Gasteiger partial charge in [-0.3, -0.25) is 19.2 Å². The molecule has 13 heteroatoms. The van der Waals surface area contributed by atoms with Crippen LogP contribution in [0.2, 0.25) is 0 Å². The molecule has 2 fully saturated rings. The van der Waals surface area contributed by atoms with E-state index in [2.05, 4.69) is 20.9 Å². The molecule has 1 aliphatic carbocycles. The van der Waals surface area contributed by atoms with Crippen molar-refractivity contribution in [1.82, 2.24) is 20.4 Å². The van der Waals surface area contributed by atoms with Gasteiger partial charge in [-0.2, -0.15) is 8.78 Å². The lowest BCUT2D eigenvalue weighted by Gasteiger charge is -2.38. The summed E-state index contributed by atoms with van der Waals surface area (Å²) >= 11 is 1.10. The van der Waals surface area contributed by atoms with Crippen molar-refractivity contribution in [3.05, 3.63) is 51.5 Å². The second-order valence-electron chi connectivity index (χ2n) is 13.4. The monoisotopic (exact) mass is 691 g/mol. The zero-order valence-corrected chi connectivity index (χ0v) is 29.3. The molecule has 2 heterocycles. The number of nitrogens with zero attached hydrogens (tertiary/aromatic N) is 2. The van der Waals surface area contributed by atoms with Gasteiger partial charge in [-0.15, -0.1) is 11.3 Å². The number of anilines is 1. The minimum Gasteiger partial charge on any atom is -0.344 e. The van der Waals surface area contributed by atoms with E-state index < -0.39 is 52.5 Å². The molecular formula is C35H48F3N5O4S. The first-order chi connectivity index (χ1) is 22.7. The summed E-state index contributed by atoms with van der Waals surface area (Å²) in [4.78, 5) is 57.5. The van der Waals surface area contributed by atoms with Crippen LogP contribution in [0.25, 0.3) is 0 Å². The van der Waals surface area contributed by atoms with E-state index in [0.717, 1.165) is 37.0 Å². The summed E-state index contributed by atoms with van der Waals surface area (Å²) in [5.74, 6) is -8.66. The molecule has 1 aromatic heterocycles. The Bertz CT molecular complexity index is 1470. The minimum atomic E-state index is -3.87. The number of carbonyl (C=O) groups is 4. The second-order valence-corrected chi connectivity index (χ2v) is 14.5. The highest BCUT2D eigenvalue weighted by atomic mass is 32.1. The highest BCUT2D eigenvalue weighted by molar-refractivity contribution is 7.10. The van der Waals surface area contributed by atoms with E-state index in [1.165, 1.54) is 30.5 Å². The Morgan fingerprint density at radius 1 is 1.00 bits per heavy atom. The number of nitrogens with one attached hydrogen (secondary N) is 3. The third-order valence-corrected chi connectivity index (χ3v) is 10.7. The molecule has 0 bridgehead atoms. The number of aryl methyl sites for hydroxylation is 1. The van der Waals surface area contributed by atoms with E-state index in [4.69, 9.17) is 0 Å². The molecule has 48 heavy (non-hydrogen) atoms. The van der Waals surface area contributed by atoms with E-state index in [0.29, 0.717) is 49.5 Å². The second kappa shape index (κ2) is 15.8. The molecule has 1 saturated heterocycles. The van der Waals surface area contributed by atoms with E-state index in [1.807, 2.05) is 7.05 Å². The molecule has 9 nitrogen and oxygen atoms in total. The van der Waals surface area contributed by atoms with Crippen LogP contribution in [0.5, 0.6) is 0 Å². The maximum absolute atomic E-state index is 15.7. The lowest BCUT2D eigenvalue weighted by atomic mass is 9.79. The van der Waals surface area contributed by atoms with Gasteiger partial charge in [0.1, 0.15) is 17.4 Å². The summed E-state index contributed by atoms with van der Waals surface area (Å²) in [6.45, 7) is 8.93. The Morgan fingerprint density at radius 3 is 2.21 bits per heavy atom. The summed E-state index contributed by atoms with van der Waals surface area (Å²) in [5.41, 5.74) is -1.95. The molecular weight excluding hydrogens is 643 g/mol. The minimum absolute atomic E-state index is 0.174. The summed E-state index contributed by atoms with van der Waals surface area (Å²) in [6.07, 6.45) is 4.65. The molecule has 0 unspecified atom stereocenters. The number of halogens is 3. The van der Waals surface area contributed by atoms with Gasteiger partial charge in [0.2, 0.25) is 17.7 Å². The lowest BCUT2D eigenvalue weighted by Crippen LogP contribution is -2.61. The molecule has 264 valence electrons. The van der Waals surface area contributed by atoms with Gasteiger partial charge in [0.25, 0.3) is 5.91 Å². The van der Waals surface area contributed by atoms with Crippen LogP contribution >= 0.6 is 11.3 Å². The number of thiophene rings is 1. The van der Waals surface area contributed by atoms with Gasteiger partial charge in [-0.05, 0) is 63.4 Å². The van der Waals surface area contributed by atoms with Crippen molar-refractivity contribution < 1.29 is 32.3 Å². The van der Waals surface area contributed by atoms with Gasteiger partial charge < -0.3 is 25.8 Å². The van der Waals surface area contributed by atoms with Crippen LogP contribution < -0.4 is 16.0 Å². The molecule has 4 rings (SSSR count). The number of hydrogen-bond donors (Lipinski definition) is 3. The SMILES string of the molecule is CCC(=O)N[C@@H](C(=O)N1CCN(C)CC1)[C@@H](C)c1ccc(NC(=O)[C@](C)(NC(=O)C(F)(F)c2csc(C)c2)C2CCCCCC2)c(F)c1. The molecule has 2 aliphatic rings. The van der Waals surface area contributed by atoms with Gasteiger partial charge in [0.05, 0.1) is 5.69 Å². The fourth-order valence-electron chi connectivity index (χ4n) is 6.51. The molecule has 3 N–H and O–H groups in total. The van der Waals surface area contributed by atoms with Gasteiger partial charge in [0, 0.05) is 54.3 Å². The molecule has 0 radical (unpaired) electrons. The number of alkyl halides is 2. The zero-order valence-electron chi connectivity index (χ0n) is 28.5. The van der Waals surface area contributed by atoms with Crippen LogP contribution in [-0.4, -0.2) is 78.2 Å². The topological polar surface area (TPSA) is 111 Å². The molecule has 0 spiro atoms. The summed E-state index contributed by atoms with van der Waals surface area (Å²) in [5, 5.41) is 8.99. The highest BCUT2D eigenvalue weighted by Crippen LogP contribution is 2.37. The van der Waals surface area contributed by atoms with Crippen molar-refractivity contribution in [2.75, 3.05) is 38.5 Å². The standard InChI is InChI=1S/C35H48F3N5O4S/c1-6-29(44)40-30(31(45)43-17-15-42(5)16-18-43)23(3)24-13-14-28(27(36)20-24)39-32(46)34(4,25-11-9-7-8-10-12-25)41-33(47)35(37,38)26-19-22(2)48-21-26/h13-14,19-21,23,25,30H,6-12,15-18H2,1-5H3,(H,39,46)(H,40,44)(H,41,47)/t23-,30+,34+/m0/s1. The van der Waals surface area contributed by atoms with E-state index >= 15 is 13.2 Å². The third kappa shape index (κ3) is 8.58. The zero-order chi connectivity index (χ0) is 35.2. The van der Waals surface area contributed by atoms with E-state index in [9.17, 15) is 19.2 Å². The average molecular weight is 692 g/mol. The molecule has 1 aliphatic heterocycles. The number of hydrogen-bond acceptors (Lipinski definition) is 6. The summed E-state index contributed by atoms with van der Waals surface area (Å²) < 4.78 is 46.4.